The van der Waals surface area contributed by atoms with Gasteiger partial charge >= 0.3 is 0 Å². The van der Waals surface area contributed by atoms with Gasteiger partial charge < -0.3 is 15.5 Å². The van der Waals surface area contributed by atoms with Crippen molar-refractivity contribution in [3.8, 4) is 5.75 Å². The fraction of sp³-hybridized carbons (Fsp3) is 0.394. The quantitative estimate of drug-likeness (QED) is 0.168. The van der Waals surface area contributed by atoms with E-state index in [2.05, 4.69) is 23.7 Å². The van der Waals surface area contributed by atoms with Crippen molar-refractivity contribution in [2.75, 3.05) is 5.32 Å². The van der Waals surface area contributed by atoms with Gasteiger partial charge in [0.1, 0.15) is 5.75 Å². The molecule has 3 aromatic rings. The number of rotatable bonds is 5. The van der Waals surface area contributed by atoms with Crippen LogP contribution in [0.2, 0.25) is 0 Å². The highest BCUT2D eigenvalue weighted by Gasteiger charge is 2.54. The van der Waals surface area contributed by atoms with E-state index in [9.17, 15) is 10.2 Å². The van der Waals surface area contributed by atoms with E-state index in [1.807, 2.05) is 66.7 Å². The second-order valence-electron chi connectivity index (χ2n) is 11.8. The molecule has 0 saturated heterocycles. The Morgan fingerprint density at radius 1 is 1.00 bits per heavy atom. The summed E-state index contributed by atoms with van der Waals surface area (Å²) < 4.78 is 0. The predicted octanol–water partition coefficient (Wildman–Crippen LogP) is 6.54. The number of thiocarbonyl (C=S) groups is 1. The molecule has 0 aromatic heterocycles. The summed E-state index contributed by atoms with van der Waals surface area (Å²) in [6, 6.07) is 24.1. The number of hydrazone groups is 1. The maximum Gasteiger partial charge on any atom is 0.191 e. The molecule has 0 spiro atoms. The first-order valence-corrected chi connectivity index (χ1v) is 14.6. The van der Waals surface area contributed by atoms with Crippen LogP contribution < -0.4 is 10.7 Å². The van der Waals surface area contributed by atoms with Crippen LogP contribution in [0.5, 0.6) is 5.75 Å². The lowest BCUT2D eigenvalue weighted by Crippen LogP contribution is -2.43. The molecule has 5 nitrogen and oxygen atoms in total. The number of aliphatic hydroxyl groups excluding tert-OH is 1. The number of hydrogen-bond acceptors (Lipinski definition) is 4. The second kappa shape index (κ2) is 10.7. The van der Waals surface area contributed by atoms with Gasteiger partial charge in [0, 0.05) is 17.7 Å². The molecule has 2 saturated carbocycles. The normalized spacial score (nSPS) is 27.7. The summed E-state index contributed by atoms with van der Waals surface area (Å²) >= 11 is 5.50. The minimum absolute atomic E-state index is 0.0590. The first kappa shape index (κ1) is 26.0. The van der Waals surface area contributed by atoms with Crippen LogP contribution in [0.15, 0.2) is 77.9 Å². The molecular weight excluding hydrogens is 502 g/mol. The number of para-hydroxylation sites is 1. The van der Waals surface area contributed by atoms with Gasteiger partial charge in [-0.15, -0.1) is 0 Å². The maximum atomic E-state index is 11.1. The van der Waals surface area contributed by atoms with Crippen LogP contribution in [0.1, 0.15) is 67.2 Å². The van der Waals surface area contributed by atoms with E-state index < -0.39 is 0 Å². The van der Waals surface area contributed by atoms with Crippen molar-refractivity contribution in [1.82, 2.24) is 5.43 Å². The molecule has 6 heteroatoms. The highest BCUT2D eigenvalue weighted by atomic mass is 32.1. The molecule has 39 heavy (non-hydrogen) atoms. The van der Waals surface area contributed by atoms with Gasteiger partial charge in [-0.1, -0.05) is 61.5 Å². The smallest absolute Gasteiger partial charge is 0.191 e. The molecule has 6 rings (SSSR count). The standard InChI is InChI=1S/C33H37N3O2S/c1-33-17-16-25-26(28(33)14-15-31(33)38)13-12-22-20-30(37)23(18-27(22)25)19-29(21-8-4-2-5-9-21)35-36-32(39)34-24-10-6-3-7-11-24/h2-11,18,20,25-26,28,31,37-38H,12-17,19H2,1H3,(H2,34,36,39)/b35-29-/t25-,26+,28-,31-,33-/m0/s1. The molecule has 0 unspecified atom stereocenters. The number of anilines is 1. The zero-order valence-corrected chi connectivity index (χ0v) is 23.3. The summed E-state index contributed by atoms with van der Waals surface area (Å²) in [6.07, 6.45) is 6.70. The third-order valence-corrected chi connectivity index (χ3v) is 9.86. The number of nitrogens with zero attached hydrogens (tertiary/aromatic N) is 1. The SMILES string of the molecule is C[C@]12CC[C@@H]3c4cc(C/C(=N/NC(=S)Nc5ccccc5)c5ccccc5)c(O)cc4CC[C@H]3[C@@H]1CC[C@@H]2O. The number of aromatic hydroxyl groups is 1. The number of aryl methyl sites for hydroxylation is 1. The summed E-state index contributed by atoms with van der Waals surface area (Å²) in [4.78, 5) is 0. The number of phenols is 1. The van der Waals surface area contributed by atoms with Crippen LogP contribution >= 0.6 is 12.2 Å². The van der Waals surface area contributed by atoms with Crippen molar-refractivity contribution in [3.63, 3.8) is 0 Å². The molecule has 3 aliphatic rings. The first-order valence-electron chi connectivity index (χ1n) is 14.2. The van der Waals surface area contributed by atoms with Crippen LogP contribution in [-0.4, -0.2) is 27.1 Å². The average Bonchev–Trinajstić information content (AvgIpc) is 3.26. The third-order valence-electron chi connectivity index (χ3n) is 9.66. The van der Waals surface area contributed by atoms with Crippen molar-refractivity contribution in [2.45, 2.75) is 63.9 Å². The lowest BCUT2D eigenvalue weighted by molar-refractivity contribution is -0.0226. The lowest BCUT2D eigenvalue weighted by atomic mass is 9.55. The Morgan fingerprint density at radius 3 is 2.51 bits per heavy atom. The Hall–Kier alpha value is -3.22. The Bertz CT molecular complexity index is 1380. The number of benzene rings is 3. The number of fused-ring (bicyclic) bond motifs is 5. The molecule has 3 aliphatic carbocycles. The number of phenolic OH excluding ortho intramolecular Hbond substituents is 1. The van der Waals surface area contributed by atoms with Crippen molar-refractivity contribution < 1.29 is 10.2 Å². The molecule has 4 N–H and O–H groups in total. The van der Waals surface area contributed by atoms with Gasteiger partial charge in [-0.3, -0.25) is 5.43 Å². The van der Waals surface area contributed by atoms with E-state index in [4.69, 9.17) is 17.3 Å². The molecule has 5 atom stereocenters. The Balaban J connectivity index is 1.27. The van der Waals surface area contributed by atoms with Crippen LogP contribution in [0.4, 0.5) is 5.69 Å². The minimum Gasteiger partial charge on any atom is -0.508 e. The number of hydrogen-bond donors (Lipinski definition) is 4. The van der Waals surface area contributed by atoms with Gasteiger partial charge in [0.05, 0.1) is 11.8 Å². The topological polar surface area (TPSA) is 76.9 Å². The molecule has 0 amide bonds. The molecule has 0 bridgehead atoms. The zero-order valence-electron chi connectivity index (χ0n) is 22.4. The summed E-state index contributed by atoms with van der Waals surface area (Å²) in [6.45, 7) is 2.32. The Kier molecular flexibility index (Phi) is 7.17. The second-order valence-corrected chi connectivity index (χ2v) is 12.2. The van der Waals surface area contributed by atoms with Gasteiger partial charge in [0.25, 0.3) is 0 Å². The van der Waals surface area contributed by atoms with Gasteiger partial charge in [-0.25, -0.2) is 0 Å². The molecular formula is C33H37N3O2S. The summed E-state index contributed by atoms with van der Waals surface area (Å²) in [7, 11) is 0. The van der Waals surface area contributed by atoms with Crippen LogP contribution in [-0.2, 0) is 12.8 Å². The molecule has 0 heterocycles. The van der Waals surface area contributed by atoms with Crippen LogP contribution in [0, 0.1) is 17.3 Å². The van der Waals surface area contributed by atoms with E-state index in [0.29, 0.717) is 35.0 Å². The van der Waals surface area contributed by atoms with Gasteiger partial charge in [-0.2, -0.15) is 5.10 Å². The van der Waals surface area contributed by atoms with E-state index in [1.54, 1.807) is 0 Å². The summed E-state index contributed by atoms with van der Waals surface area (Å²) in [5.41, 5.74) is 9.32. The van der Waals surface area contributed by atoms with Crippen molar-refractivity contribution in [2.24, 2.45) is 22.4 Å². The van der Waals surface area contributed by atoms with Crippen molar-refractivity contribution >= 4 is 28.7 Å². The van der Waals surface area contributed by atoms with E-state index in [1.165, 1.54) is 11.1 Å². The summed E-state index contributed by atoms with van der Waals surface area (Å²) in [5.74, 6) is 2.02. The highest BCUT2D eigenvalue weighted by molar-refractivity contribution is 7.80. The molecule has 0 radical (unpaired) electrons. The third kappa shape index (κ3) is 5.08. The molecule has 2 fully saturated rings. The predicted molar refractivity (Wildman–Crippen MR) is 161 cm³/mol. The van der Waals surface area contributed by atoms with Crippen molar-refractivity contribution in [3.05, 3.63) is 95.1 Å². The van der Waals surface area contributed by atoms with Gasteiger partial charge in [0.2, 0.25) is 0 Å². The number of nitrogens with one attached hydrogen (secondary N) is 2. The number of aliphatic hydroxyl groups is 1. The fourth-order valence-corrected chi connectivity index (χ4v) is 7.75. The van der Waals surface area contributed by atoms with E-state index >= 15 is 0 Å². The molecule has 3 aromatic carbocycles. The fourth-order valence-electron chi connectivity index (χ4n) is 7.59. The lowest BCUT2D eigenvalue weighted by Gasteiger charge is -2.50. The van der Waals surface area contributed by atoms with E-state index in [-0.39, 0.29) is 11.5 Å². The Labute approximate surface area is 236 Å². The van der Waals surface area contributed by atoms with E-state index in [0.717, 1.165) is 61.1 Å². The minimum atomic E-state index is -0.167. The average molecular weight is 540 g/mol. The monoisotopic (exact) mass is 539 g/mol. The van der Waals surface area contributed by atoms with Gasteiger partial charge in [0.15, 0.2) is 5.11 Å². The highest BCUT2D eigenvalue weighted by Crippen LogP contribution is 2.61. The zero-order chi connectivity index (χ0) is 27.0. The molecule has 0 aliphatic heterocycles. The maximum absolute atomic E-state index is 11.1. The van der Waals surface area contributed by atoms with Crippen LogP contribution in [0.25, 0.3) is 0 Å². The first-order chi connectivity index (χ1) is 18.9. The Morgan fingerprint density at radius 2 is 1.74 bits per heavy atom. The van der Waals surface area contributed by atoms with Crippen LogP contribution in [0.3, 0.4) is 0 Å². The molecule has 202 valence electrons. The summed E-state index contributed by atoms with van der Waals surface area (Å²) in [5, 5.41) is 30.2. The largest absolute Gasteiger partial charge is 0.508 e. The van der Waals surface area contributed by atoms with Gasteiger partial charge in [-0.05, 0) is 109 Å². The van der Waals surface area contributed by atoms with Crippen molar-refractivity contribution in [1.29, 1.82) is 0 Å².